The lowest BCUT2D eigenvalue weighted by atomic mass is 9.75. The van der Waals surface area contributed by atoms with Crippen LogP contribution in [0.3, 0.4) is 0 Å². The fourth-order valence-electron chi connectivity index (χ4n) is 6.08. The van der Waals surface area contributed by atoms with E-state index in [1.165, 1.54) is 18.2 Å². The standard InChI is InChI=1S/C32H32ClF7N6O4/c1-29(2,3)14-31(17-6-8-21(49-4)24(35)23(17)34)27(48)45(28(41)44-31)20(13-50-22(47)12-30(9-10-30)32(38,39)40)16-5-7-18(33)19(11-16)46-26(25(36)37)42-15-43-46/h5-8,11,15,20,25H,9-10,12-14H2,1-4H3,(H2,41,44)/t20-,31-/m1/s1. The number of guanidine groups is 1. The van der Waals surface area contributed by atoms with Crippen LogP contribution in [-0.2, 0) is 19.9 Å². The number of amides is 1. The molecule has 50 heavy (non-hydrogen) atoms. The fraction of sp³-hybridized carbons (Fsp3) is 0.469. The molecule has 1 aromatic heterocycles. The van der Waals surface area contributed by atoms with Gasteiger partial charge in [-0.3, -0.25) is 14.5 Å². The Labute approximate surface area is 286 Å². The van der Waals surface area contributed by atoms with Gasteiger partial charge in [0.1, 0.15) is 12.9 Å². The van der Waals surface area contributed by atoms with Crippen LogP contribution >= 0.6 is 11.6 Å². The quantitative estimate of drug-likeness (QED) is 0.167. The molecule has 0 saturated heterocycles. The summed E-state index contributed by atoms with van der Waals surface area (Å²) in [4.78, 5) is 36.3. The predicted octanol–water partition coefficient (Wildman–Crippen LogP) is 6.95. The van der Waals surface area contributed by atoms with E-state index < -0.39 is 94.6 Å². The molecule has 0 spiro atoms. The Bertz CT molecular complexity index is 1840. The number of rotatable bonds is 11. The normalized spacial score (nSPS) is 19.5. The first-order chi connectivity index (χ1) is 23.2. The van der Waals surface area contributed by atoms with Crippen LogP contribution in [0, 0.1) is 22.5 Å². The minimum atomic E-state index is -4.66. The summed E-state index contributed by atoms with van der Waals surface area (Å²) >= 11 is 6.35. The van der Waals surface area contributed by atoms with E-state index in [0.717, 1.165) is 35.2 Å². The third-order valence-corrected chi connectivity index (χ3v) is 8.95. The van der Waals surface area contributed by atoms with Gasteiger partial charge in [0.2, 0.25) is 5.82 Å². The minimum Gasteiger partial charge on any atom is -0.494 e. The molecule has 1 aliphatic heterocycles. The maximum Gasteiger partial charge on any atom is 0.395 e. The predicted molar refractivity (Wildman–Crippen MR) is 164 cm³/mol. The molecule has 1 saturated carbocycles. The van der Waals surface area contributed by atoms with Crippen molar-refractivity contribution in [1.82, 2.24) is 19.7 Å². The van der Waals surface area contributed by atoms with E-state index in [0.29, 0.717) is 0 Å². The zero-order chi connectivity index (χ0) is 37.0. The van der Waals surface area contributed by atoms with Gasteiger partial charge < -0.3 is 15.2 Å². The summed E-state index contributed by atoms with van der Waals surface area (Å²) in [6.07, 6.45) is -8.65. The monoisotopic (exact) mass is 732 g/mol. The number of esters is 1. The molecule has 1 aliphatic carbocycles. The first kappa shape index (κ1) is 36.9. The van der Waals surface area contributed by atoms with Crippen molar-refractivity contribution in [3.63, 3.8) is 0 Å². The number of nitrogens with two attached hydrogens (primary N) is 1. The third-order valence-electron chi connectivity index (χ3n) is 8.63. The molecule has 1 fully saturated rings. The van der Waals surface area contributed by atoms with Crippen molar-refractivity contribution in [3.8, 4) is 11.4 Å². The molecule has 10 nitrogen and oxygen atoms in total. The summed E-state index contributed by atoms with van der Waals surface area (Å²) in [5.41, 5.74) is 0.559. The lowest BCUT2D eigenvalue weighted by Gasteiger charge is -2.35. The van der Waals surface area contributed by atoms with Gasteiger partial charge in [-0.05, 0) is 54.5 Å². The van der Waals surface area contributed by atoms with Gasteiger partial charge in [0.05, 0.1) is 35.7 Å². The second kappa shape index (κ2) is 13.0. The van der Waals surface area contributed by atoms with Crippen molar-refractivity contribution in [2.75, 3.05) is 13.7 Å². The molecule has 270 valence electrons. The molecule has 2 aromatic carbocycles. The number of halogens is 8. The van der Waals surface area contributed by atoms with Gasteiger partial charge in [-0.1, -0.05) is 38.4 Å². The zero-order valence-electron chi connectivity index (χ0n) is 27.1. The molecule has 2 N–H and O–H groups in total. The van der Waals surface area contributed by atoms with Gasteiger partial charge in [-0.15, -0.1) is 0 Å². The van der Waals surface area contributed by atoms with Crippen molar-refractivity contribution in [2.45, 2.75) is 70.6 Å². The minimum absolute atomic E-state index is 0.0318. The van der Waals surface area contributed by atoms with Crippen LogP contribution in [-0.4, -0.2) is 57.4 Å². The van der Waals surface area contributed by atoms with Crippen molar-refractivity contribution in [1.29, 1.82) is 0 Å². The molecule has 3 aromatic rings. The summed E-state index contributed by atoms with van der Waals surface area (Å²) in [6.45, 7) is 4.34. The highest BCUT2D eigenvalue weighted by molar-refractivity contribution is 6.32. The summed E-state index contributed by atoms with van der Waals surface area (Å²) in [5.74, 6) is -6.82. The Morgan fingerprint density at radius 1 is 1.10 bits per heavy atom. The molecule has 0 unspecified atom stereocenters. The number of hydrogen-bond acceptors (Lipinski definition) is 8. The largest absolute Gasteiger partial charge is 0.494 e. The van der Waals surface area contributed by atoms with Gasteiger partial charge in [0.25, 0.3) is 12.3 Å². The maximum absolute atomic E-state index is 15.8. The molecule has 5 rings (SSSR count). The van der Waals surface area contributed by atoms with E-state index in [9.17, 15) is 31.5 Å². The topological polar surface area (TPSA) is 125 Å². The number of carbonyl (C=O) groups excluding carboxylic acids is 2. The smallest absolute Gasteiger partial charge is 0.395 e. The molecule has 2 heterocycles. The fourth-order valence-corrected chi connectivity index (χ4v) is 6.28. The number of nitrogens with zero attached hydrogens (tertiary/aromatic N) is 5. The van der Waals surface area contributed by atoms with Crippen LogP contribution in [0.1, 0.15) is 75.9 Å². The number of aliphatic imine (C=N–C) groups is 1. The van der Waals surface area contributed by atoms with Crippen LogP contribution < -0.4 is 10.5 Å². The molecule has 0 bridgehead atoms. The van der Waals surface area contributed by atoms with Crippen LogP contribution in [0.5, 0.6) is 5.75 Å². The Morgan fingerprint density at radius 2 is 1.78 bits per heavy atom. The highest BCUT2D eigenvalue weighted by atomic mass is 35.5. The lowest BCUT2D eigenvalue weighted by molar-refractivity contribution is -0.195. The van der Waals surface area contributed by atoms with Crippen molar-refractivity contribution in [2.24, 2.45) is 21.6 Å². The van der Waals surface area contributed by atoms with Gasteiger partial charge in [0, 0.05) is 5.56 Å². The first-order valence-electron chi connectivity index (χ1n) is 15.2. The van der Waals surface area contributed by atoms with Gasteiger partial charge in [0.15, 0.2) is 28.9 Å². The third kappa shape index (κ3) is 6.71. The van der Waals surface area contributed by atoms with Crippen LogP contribution in [0.25, 0.3) is 5.69 Å². The average Bonchev–Trinajstić information content (AvgIpc) is 3.57. The van der Waals surface area contributed by atoms with Gasteiger partial charge >= 0.3 is 12.1 Å². The average molecular weight is 733 g/mol. The Morgan fingerprint density at radius 3 is 2.36 bits per heavy atom. The number of alkyl halides is 5. The molecular formula is C32H32ClF7N6O4. The van der Waals surface area contributed by atoms with E-state index in [2.05, 4.69) is 15.1 Å². The number of hydrogen-bond donors (Lipinski definition) is 1. The Balaban J connectivity index is 1.62. The second-order valence-electron chi connectivity index (χ2n) is 13.4. The van der Waals surface area contributed by atoms with Crippen molar-refractivity contribution < 1.29 is 49.8 Å². The molecule has 1 amide bonds. The Hall–Kier alpha value is -4.41. The zero-order valence-corrected chi connectivity index (χ0v) is 27.9. The van der Waals surface area contributed by atoms with Crippen molar-refractivity contribution >= 4 is 29.4 Å². The highest BCUT2D eigenvalue weighted by Crippen LogP contribution is 2.60. The van der Waals surface area contributed by atoms with Gasteiger partial charge in [-0.2, -0.15) is 22.7 Å². The second-order valence-corrected chi connectivity index (χ2v) is 13.8. The van der Waals surface area contributed by atoms with E-state index in [1.807, 2.05) is 0 Å². The summed E-state index contributed by atoms with van der Waals surface area (Å²) in [5, 5.41) is 3.72. The molecular weight excluding hydrogens is 701 g/mol. The van der Waals surface area contributed by atoms with Crippen LogP contribution in [0.15, 0.2) is 41.7 Å². The maximum atomic E-state index is 15.8. The number of carbonyl (C=O) groups is 2. The molecule has 2 aliphatic rings. The number of methoxy groups -OCH3 is 1. The molecule has 0 radical (unpaired) electrons. The van der Waals surface area contributed by atoms with E-state index >= 15 is 8.78 Å². The van der Waals surface area contributed by atoms with Crippen LogP contribution in [0.4, 0.5) is 30.7 Å². The number of ether oxygens (including phenoxy) is 2. The van der Waals surface area contributed by atoms with Gasteiger partial charge in [-0.25, -0.2) is 27.8 Å². The Kier molecular flexibility index (Phi) is 9.62. The molecule has 18 heteroatoms. The first-order valence-corrected chi connectivity index (χ1v) is 15.5. The summed E-state index contributed by atoms with van der Waals surface area (Å²) < 4.78 is 110. The molecule has 2 atom stereocenters. The van der Waals surface area contributed by atoms with Crippen LogP contribution in [0.2, 0.25) is 5.02 Å². The number of benzene rings is 2. The van der Waals surface area contributed by atoms with Crippen molar-refractivity contribution in [3.05, 3.63) is 70.3 Å². The highest BCUT2D eigenvalue weighted by Gasteiger charge is 2.64. The summed E-state index contributed by atoms with van der Waals surface area (Å²) in [7, 11) is 1.12. The SMILES string of the molecule is COc1ccc([C@@]2(CC(C)(C)C)N=C(N)N([C@H](COC(=O)CC3(C(F)(F)F)CC3)c3ccc(Cl)c(-n4ncnc4C(F)F)c3)C2=O)c(F)c1F. The lowest BCUT2D eigenvalue weighted by Crippen LogP contribution is -2.47. The van der Waals surface area contributed by atoms with E-state index in [-0.39, 0.29) is 35.5 Å². The van der Waals surface area contributed by atoms with E-state index in [1.54, 1.807) is 20.8 Å². The number of aromatic nitrogens is 3. The van der Waals surface area contributed by atoms with E-state index in [4.69, 9.17) is 26.8 Å². The summed E-state index contributed by atoms with van der Waals surface area (Å²) in [6, 6.07) is 4.56.